The van der Waals surface area contributed by atoms with Crippen LogP contribution in [0.1, 0.15) is 0 Å². The van der Waals surface area contributed by atoms with Gasteiger partial charge in [0.2, 0.25) is 0 Å². The van der Waals surface area contributed by atoms with Crippen LogP contribution in [0.5, 0.6) is 0 Å². The molecule has 2 aliphatic heterocycles. The fourth-order valence-corrected chi connectivity index (χ4v) is 5.26. The zero-order chi connectivity index (χ0) is 8.06. The summed E-state index contributed by atoms with van der Waals surface area (Å²) in [4.78, 5) is 0. The molecule has 0 aromatic rings. The normalized spacial score (nSPS) is 37.5. The van der Waals surface area contributed by atoms with Gasteiger partial charge in [0.05, 0.1) is 11.0 Å². The van der Waals surface area contributed by atoms with Gasteiger partial charge in [-0.25, -0.2) is 13.8 Å². The van der Waals surface area contributed by atoms with Crippen LogP contribution in [0.25, 0.3) is 0 Å². The maximum Gasteiger partial charge on any atom is 0.253 e. The van der Waals surface area contributed by atoms with Crippen molar-refractivity contribution in [2.75, 3.05) is 11.5 Å². The molecule has 0 aliphatic carbocycles. The fraction of sp³-hybridized carbons (Fsp3) is 0.800. The molecule has 7 heteroatoms. The molecule has 2 heterocycles. The predicted octanol–water partition coefficient (Wildman–Crippen LogP) is -4.60. The number of amidine groups is 1. The number of sulfone groups is 1. The highest BCUT2D eigenvalue weighted by Gasteiger charge is 2.47. The van der Waals surface area contributed by atoms with Gasteiger partial charge in [0.15, 0.2) is 9.84 Å². The molecular formula is C5H9BrN2O2S2. The van der Waals surface area contributed by atoms with Crippen LogP contribution in [0, 0.1) is 5.41 Å². The minimum atomic E-state index is -2.78. The zero-order valence-electron chi connectivity index (χ0n) is 6.16. The number of hydrogen-bond donors (Lipinski definition) is 2. The van der Waals surface area contributed by atoms with E-state index in [9.17, 15) is 8.42 Å². The van der Waals surface area contributed by atoms with Crippen molar-refractivity contribution >= 4 is 26.8 Å². The number of fused-ring (bicyclic) bond motifs is 1. The SMILES string of the molecule is N=C1[NH2+]C2CS(=O)(=O)CC2S1.[Br-]. The third-order valence-electron chi connectivity index (χ3n) is 1.99. The van der Waals surface area contributed by atoms with Crippen LogP contribution in [0.4, 0.5) is 0 Å². The Labute approximate surface area is 85.7 Å². The van der Waals surface area contributed by atoms with Crippen molar-refractivity contribution in [3.05, 3.63) is 0 Å². The van der Waals surface area contributed by atoms with Crippen molar-refractivity contribution in [3.63, 3.8) is 0 Å². The average molecular weight is 273 g/mol. The van der Waals surface area contributed by atoms with Gasteiger partial charge in [-0.3, -0.25) is 5.32 Å². The van der Waals surface area contributed by atoms with E-state index in [1.807, 2.05) is 0 Å². The summed E-state index contributed by atoms with van der Waals surface area (Å²) < 4.78 is 22.1. The molecule has 2 saturated heterocycles. The number of nitrogens with one attached hydrogen (secondary N) is 1. The molecule has 70 valence electrons. The van der Waals surface area contributed by atoms with Crippen molar-refractivity contribution in [2.45, 2.75) is 11.3 Å². The molecule has 4 nitrogen and oxygen atoms in total. The van der Waals surface area contributed by atoms with Gasteiger partial charge in [0, 0.05) is 0 Å². The number of quaternary nitrogens is 1. The van der Waals surface area contributed by atoms with Crippen molar-refractivity contribution in [1.82, 2.24) is 0 Å². The van der Waals surface area contributed by atoms with Crippen molar-refractivity contribution < 1.29 is 30.7 Å². The first-order chi connectivity index (χ1) is 5.07. The standard InChI is InChI=1S/C5H8N2O2S2.BrH/c6-5-7-3-1-11(8,9)2-4(3)10-5;/h3-4H,1-2H2,(H2,6,7);1H. The van der Waals surface area contributed by atoms with E-state index in [-0.39, 0.29) is 39.8 Å². The van der Waals surface area contributed by atoms with Gasteiger partial charge in [-0.15, -0.1) is 0 Å². The van der Waals surface area contributed by atoms with E-state index in [0.29, 0.717) is 5.17 Å². The van der Waals surface area contributed by atoms with Gasteiger partial charge in [-0.2, -0.15) is 0 Å². The molecule has 3 N–H and O–H groups in total. The van der Waals surface area contributed by atoms with Crippen molar-refractivity contribution in [2.24, 2.45) is 0 Å². The molecule has 0 spiro atoms. The molecule has 2 unspecified atom stereocenters. The highest BCUT2D eigenvalue weighted by Crippen LogP contribution is 2.25. The van der Waals surface area contributed by atoms with E-state index in [1.54, 1.807) is 5.32 Å². The molecule has 0 amide bonds. The molecule has 0 bridgehead atoms. The molecule has 12 heavy (non-hydrogen) atoms. The van der Waals surface area contributed by atoms with Crippen LogP contribution in [0.3, 0.4) is 0 Å². The Morgan fingerprint density at radius 1 is 1.50 bits per heavy atom. The number of hydrogen-bond acceptors (Lipinski definition) is 4. The summed E-state index contributed by atoms with van der Waals surface area (Å²) in [6.07, 6.45) is 0. The molecule has 0 aromatic carbocycles. The quantitative estimate of drug-likeness (QED) is 0.466. The molecule has 2 aliphatic rings. The maximum absolute atomic E-state index is 11.0. The van der Waals surface area contributed by atoms with E-state index in [1.165, 1.54) is 11.8 Å². The summed E-state index contributed by atoms with van der Waals surface area (Å²) in [5.74, 6) is 0.522. The largest absolute Gasteiger partial charge is 1.00 e. The maximum atomic E-state index is 11.0. The van der Waals surface area contributed by atoms with E-state index < -0.39 is 9.84 Å². The van der Waals surface area contributed by atoms with Gasteiger partial charge >= 0.3 is 0 Å². The lowest BCUT2D eigenvalue weighted by Crippen LogP contribution is -3.00. The molecule has 0 saturated carbocycles. The van der Waals surface area contributed by atoms with Crippen LogP contribution in [0.15, 0.2) is 0 Å². The van der Waals surface area contributed by atoms with Gasteiger partial charge in [0.25, 0.3) is 5.17 Å². The van der Waals surface area contributed by atoms with Gasteiger partial charge in [0.1, 0.15) is 11.8 Å². The molecule has 0 aromatic heterocycles. The first-order valence-electron chi connectivity index (χ1n) is 3.37. The van der Waals surface area contributed by atoms with Crippen molar-refractivity contribution in [3.8, 4) is 0 Å². The smallest absolute Gasteiger partial charge is 0.253 e. The Morgan fingerprint density at radius 3 is 2.75 bits per heavy atom. The predicted molar refractivity (Wildman–Crippen MR) is 43.5 cm³/mol. The highest BCUT2D eigenvalue weighted by molar-refractivity contribution is 8.14. The Balaban J connectivity index is 0.000000720. The van der Waals surface area contributed by atoms with Crippen LogP contribution >= 0.6 is 11.8 Å². The van der Waals surface area contributed by atoms with Crippen LogP contribution in [-0.4, -0.2) is 36.4 Å². The van der Waals surface area contributed by atoms with E-state index in [0.717, 1.165) is 0 Å². The minimum absolute atomic E-state index is 0. The van der Waals surface area contributed by atoms with E-state index in [2.05, 4.69) is 0 Å². The minimum Gasteiger partial charge on any atom is -1.00 e. The lowest BCUT2D eigenvalue weighted by atomic mass is 10.3. The Kier molecular flexibility index (Phi) is 2.87. The second-order valence-corrected chi connectivity index (χ2v) is 6.36. The van der Waals surface area contributed by atoms with Gasteiger partial charge < -0.3 is 17.0 Å². The number of rotatable bonds is 0. The summed E-state index contributed by atoms with van der Waals surface area (Å²) in [5, 5.41) is 9.74. The van der Waals surface area contributed by atoms with E-state index >= 15 is 0 Å². The van der Waals surface area contributed by atoms with Crippen LogP contribution in [0.2, 0.25) is 0 Å². The topological polar surface area (TPSA) is 74.6 Å². The van der Waals surface area contributed by atoms with Gasteiger partial charge in [-0.05, 0) is 11.8 Å². The summed E-state index contributed by atoms with van der Waals surface area (Å²) in [6, 6.07) is 0.123. The second-order valence-electron chi connectivity index (χ2n) is 2.93. The molecule has 2 atom stereocenters. The lowest BCUT2D eigenvalue weighted by Gasteiger charge is -1.96. The molecule has 2 fully saturated rings. The van der Waals surface area contributed by atoms with E-state index in [4.69, 9.17) is 5.41 Å². The Morgan fingerprint density at radius 2 is 2.17 bits per heavy atom. The lowest BCUT2D eigenvalue weighted by molar-refractivity contribution is -0.564. The zero-order valence-corrected chi connectivity index (χ0v) is 9.38. The van der Waals surface area contributed by atoms with Gasteiger partial charge in [-0.1, -0.05) is 0 Å². The van der Waals surface area contributed by atoms with Crippen LogP contribution in [-0.2, 0) is 9.84 Å². The summed E-state index contributed by atoms with van der Waals surface area (Å²) in [5.41, 5.74) is 0. The molecule has 2 rings (SSSR count). The third kappa shape index (κ3) is 1.84. The third-order valence-corrected chi connectivity index (χ3v) is 5.17. The molecule has 0 radical (unpaired) electrons. The average Bonchev–Trinajstić information content (AvgIpc) is 2.17. The number of nitrogens with two attached hydrogens (primary N) is 1. The highest BCUT2D eigenvalue weighted by atomic mass is 79.9. The first kappa shape index (κ1) is 10.5. The first-order valence-corrected chi connectivity index (χ1v) is 6.07. The summed E-state index contributed by atoms with van der Waals surface area (Å²) >= 11 is 1.39. The van der Waals surface area contributed by atoms with Crippen molar-refractivity contribution in [1.29, 1.82) is 5.41 Å². The molecular weight excluding hydrogens is 264 g/mol. The number of thioether (sulfide) groups is 1. The second kappa shape index (κ2) is 3.28. The fourth-order valence-electron chi connectivity index (χ4n) is 1.52. The monoisotopic (exact) mass is 272 g/mol. The summed E-state index contributed by atoms with van der Waals surface area (Å²) in [6.45, 7) is 0. The van der Waals surface area contributed by atoms with Crippen LogP contribution < -0.4 is 22.3 Å². The number of halogens is 1. The Hall–Kier alpha value is 0.410. The summed E-state index contributed by atoms with van der Waals surface area (Å²) in [7, 11) is -2.78. The Bertz CT molecular complexity index is 281.